The van der Waals surface area contributed by atoms with E-state index in [-0.39, 0.29) is 37.2 Å². The van der Waals surface area contributed by atoms with Crippen molar-refractivity contribution in [2.45, 2.75) is 55.5 Å². The Labute approximate surface area is 159 Å². The number of thioether (sulfide) groups is 1. The molecular formula is C17H31N3O5S. The van der Waals surface area contributed by atoms with Gasteiger partial charge < -0.3 is 30.5 Å². The summed E-state index contributed by atoms with van der Waals surface area (Å²) in [5.74, 6) is 1.04. The van der Waals surface area contributed by atoms with Crippen LogP contribution in [0.5, 0.6) is 0 Å². The molecule has 150 valence electrons. The van der Waals surface area contributed by atoms with Crippen LogP contribution in [0.4, 0.5) is 4.79 Å². The van der Waals surface area contributed by atoms with Gasteiger partial charge in [-0.2, -0.15) is 11.8 Å². The van der Waals surface area contributed by atoms with Crippen LogP contribution in [0.25, 0.3) is 0 Å². The molecule has 3 amide bonds. The Kier molecular flexibility index (Phi) is 9.52. The molecule has 2 rings (SSSR count). The summed E-state index contributed by atoms with van der Waals surface area (Å²) < 4.78 is 10.1. The number of hydrogen-bond donors (Lipinski definition) is 4. The third-order valence-electron chi connectivity index (χ3n) is 4.54. The van der Waals surface area contributed by atoms with Crippen LogP contribution >= 0.6 is 11.8 Å². The van der Waals surface area contributed by atoms with Crippen LogP contribution in [-0.2, 0) is 14.3 Å². The molecule has 4 atom stereocenters. The minimum atomic E-state index is -0.601. The molecule has 2 heterocycles. The van der Waals surface area contributed by atoms with Gasteiger partial charge in [-0.3, -0.25) is 4.79 Å². The van der Waals surface area contributed by atoms with E-state index in [1.54, 1.807) is 0 Å². The molecule has 2 saturated heterocycles. The molecular weight excluding hydrogens is 358 g/mol. The van der Waals surface area contributed by atoms with Gasteiger partial charge in [-0.25, -0.2) is 4.79 Å². The Bertz CT molecular complexity index is 454. The predicted molar refractivity (Wildman–Crippen MR) is 100 cm³/mol. The standard InChI is InChI=1S/C17H31N3O5S/c1-24-9-12(21)10-25-8-4-7-18-15(22)6-3-2-5-14-16-13(11-26-14)19-17(23)20-16/h12-14,16,21H,2-11H2,1H3,(H,18,22)(H2,19,20,23). The van der Waals surface area contributed by atoms with Gasteiger partial charge in [0.1, 0.15) is 6.10 Å². The van der Waals surface area contributed by atoms with Crippen LogP contribution in [0.2, 0.25) is 0 Å². The summed E-state index contributed by atoms with van der Waals surface area (Å²) in [4.78, 5) is 23.1. The van der Waals surface area contributed by atoms with Crippen molar-refractivity contribution in [1.82, 2.24) is 16.0 Å². The minimum absolute atomic E-state index is 0.0538. The van der Waals surface area contributed by atoms with Gasteiger partial charge in [-0.1, -0.05) is 6.42 Å². The number of amides is 3. The SMILES string of the molecule is COCC(O)COCCCNC(=O)CCCCC1SCC2NC(=O)NC21. The minimum Gasteiger partial charge on any atom is -0.388 e. The average Bonchev–Trinajstić information content (AvgIpc) is 3.14. The van der Waals surface area contributed by atoms with Crippen molar-refractivity contribution in [3.05, 3.63) is 0 Å². The predicted octanol–water partition coefficient (Wildman–Crippen LogP) is 0.242. The molecule has 0 aromatic carbocycles. The summed E-state index contributed by atoms with van der Waals surface area (Å²) in [6.45, 7) is 1.60. The zero-order valence-corrected chi connectivity index (χ0v) is 16.2. The van der Waals surface area contributed by atoms with E-state index in [9.17, 15) is 14.7 Å². The number of carbonyl (C=O) groups excluding carboxylic acids is 2. The monoisotopic (exact) mass is 389 g/mol. The first kappa shape index (κ1) is 21.3. The van der Waals surface area contributed by atoms with Crippen LogP contribution in [0.3, 0.4) is 0 Å². The lowest BCUT2D eigenvalue weighted by atomic mass is 10.0. The lowest BCUT2D eigenvalue weighted by molar-refractivity contribution is -0.121. The maximum Gasteiger partial charge on any atom is 0.315 e. The molecule has 9 heteroatoms. The summed E-state index contributed by atoms with van der Waals surface area (Å²) in [7, 11) is 1.53. The van der Waals surface area contributed by atoms with Gasteiger partial charge in [0, 0.05) is 37.7 Å². The van der Waals surface area contributed by atoms with Crippen molar-refractivity contribution >= 4 is 23.7 Å². The summed E-state index contributed by atoms with van der Waals surface area (Å²) in [6, 6.07) is 0.448. The quantitative estimate of drug-likeness (QED) is 0.265. The van der Waals surface area contributed by atoms with Crippen LogP contribution in [0.1, 0.15) is 32.1 Å². The summed E-state index contributed by atoms with van der Waals surface area (Å²) in [5.41, 5.74) is 0. The zero-order valence-electron chi connectivity index (χ0n) is 15.4. The lowest BCUT2D eigenvalue weighted by Crippen LogP contribution is -2.36. The molecule has 2 aliphatic rings. The van der Waals surface area contributed by atoms with E-state index in [4.69, 9.17) is 9.47 Å². The van der Waals surface area contributed by atoms with Crippen molar-refractivity contribution < 1.29 is 24.2 Å². The molecule has 8 nitrogen and oxygen atoms in total. The molecule has 0 bridgehead atoms. The second-order valence-corrected chi connectivity index (χ2v) is 8.03. The molecule has 4 N–H and O–H groups in total. The topological polar surface area (TPSA) is 109 Å². The second kappa shape index (κ2) is 11.6. The highest BCUT2D eigenvalue weighted by molar-refractivity contribution is 8.00. The largest absolute Gasteiger partial charge is 0.388 e. The number of nitrogens with one attached hydrogen (secondary N) is 3. The summed E-state index contributed by atoms with van der Waals surface area (Å²) in [6.07, 6.45) is 3.53. The Morgan fingerprint density at radius 2 is 2.19 bits per heavy atom. The first-order chi connectivity index (χ1) is 12.6. The Hall–Kier alpha value is -1.03. The molecule has 2 fully saturated rings. The number of unbranched alkanes of at least 4 members (excludes halogenated alkanes) is 1. The fraction of sp³-hybridized carbons (Fsp3) is 0.882. The van der Waals surface area contributed by atoms with Gasteiger partial charge in [0.15, 0.2) is 0 Å². The number of methoxy groups -OCH3 is 1. The summed E-state index contributed by atoms with van der Waals surface area (Å²) in [5, 5.41) is 18.7. The number of ether oxygens (including phenoxy) is 2. The van der Waals surface area contributed by atoms with E-state index >= 15 is 0 Å². The van der Waals surface area contributed by atoms with E-state index in [0.29, 0.717) is 24.8 Å². The highest BCUT2D eigenvalue weighted by atomic mass is 32.2. The smallest absolute Gasteiger partial charge is 0.315 e. The van der Waals surface area contributed by atoms with Gasteiger partial charge in [0.25, 0.3) is 0 Å². The van der Waals surface area contributed by atoms with Gasteiger partial charge in [-0.15, -0.1) is 0 Å². The van der Waals surface area contributed by atoms with Crippen molar-refractivity contribution in [3.63, 3.8) is 0 Å². The maximum atomic E-state index is 11.8. The molecule has 0 spiro atoms. The van der Waals surface area contributed by atoms with E-state index in [2.05, 4.69) is 16.0 Å². The number of urea groups is 1. The van der Waals surface area contributed by atoms with Gasteiger partial charge >= 0.3 is 6.03 Å². The van der Waals surface area contributed by atoms with E-state index in [1.807, 2.05) is 11.8 Å². The highest BCUT2D eigenvalue weighted by Gasteiger charge is 2.42. The van der Waals surface area contributed by atoms with Crippen LogP contribution in [0.15, 0.2) is 0 Å². The molecule has 0 aromatic heterocycles. The van der Waals surface area contributed by atoms with E-state index in [0.717, 1.165) is 31.4 Å². The van der Waals surface area contributed by atoms with Crippen LogP contribution in [0, 0.1) is 0 Å². The molecule has 0 aliphatic carbocycles. The molecule has 2 aliphatic heterocycles. The van der Waals surface area contributed by atoms with Crippen LogP contribution in [-0.4, -0.2) is 79.7 Å². The number of fused-ring (bicyclic) bond motifs is 1. The van der Waals surface area contributed by atoms with Gasteiger partial charge in [-0.05, 0) is 19.3 Å². The molecule has 0 radical (unpaired) electrons. The lowest BCUT2D eigenvalue weighted by Gasteiger charge is -2.16. The van der Waals surface area contributed by atoms with Crippen molar-refractivity contribution in [2.75, 3.05) is 39.2 Å². The van der Waals surface area contributed by atoms with E-state index < -0.39 is 6.10 Å². The zero-order chi connectivity index (χ0) is 18.8. The Morgan fingerprint density at radius 3 is 3.00 bits per heavy atom. The second-order valence-electron chi connectivity index (χ2n) is 6.76. The molecule has 4 unspecified atom stereocenters. The normalized spacial score (nSPS) is 25.5. The number of rotatable bonds is 13. The maximum absolute atomic E-state index is 11.8. The molecule has 0 aromatic rings. The first-order valence-corrected chi connectivity index (χ1v) is 10.3. The molecule has 26 heavy (non-hydrogen) atoms. The highest BCUT2D eigenvalue weighted by Crippen LogP contribution is 2.33. The fourth-order valence-electron chi connectivity index (χ4n) is 3.22. The molecule has 0 saturated carbocycles. The first-order valence-electron chi connectivity index (χ1n) is 9.30. The van der Waals surface area contributed by atoms with E-state index in [1.165, 1.54) is 7.11 Å². The fourth-order valence-corrected chi connectivity index (χ4v) is 4.77. The third kappa shape index (κ3) is 7.30. The summed E-state index contributed by atoms with van der Waals surface area (Å²) >= 11 is 1.90. The number of carbonyl (C=O) groups is 2. The van der Waals surface area contributed by atoms with Crippen LogP contribution < -0.4 is 16.0 Å². The number of aliphatic hydroxyl groups is 1. The Morgan fingerprint density at radius 1 is 1.35 bits per heavy atom. The third-order valence-corrected chi connectivity index (χ3v) is 6.05. The number of aliphatic hydroxyl groups excluding tert-OH is 1. The van der Waals surface area contributed by atoms with Crippen molar-refractivity contribution in [3.8, 4) is 0 Å². The average molecular weight is 390 g/mol. The Balaban J connectivity index is 1.42. The number of hydrogen-bond acceptors (Lipinski definition) is 6. The van der Waals surface area contributed by atoms with Crippen molar-refractivity contribution in [1.29, 1.82) is 0 Å². The van der Waals surface area contributed by atoms with Gasteiger partial charge in [0.2, 0.25) is 5.91 Å². The van der Waals surface area contributed by atoms with Gasteiger partial charge in [0.05, 0.1) is 25.3 Å². The van der Waals surface area contributed by atoms with Crippen molar-refractivity contribution in [2.24, 2.45) is 0 Å².